The molecule has 114 valence electrons. The molecule has 3 rings (SSSR count). The molecular formula is C18H19FN2O. The van der Waals surface area contributed by atoms with Gasteiger partial charge in [-0.3, -0.25) is 10.2 Å². The number of halogens is 1. The van der Waals surface area contributed by atoms with Crippen LogP contribution in [0, 0.1) is 5.82 Å². The van der Waals surface area contributed by atoms with E-state index in [1.54, 1.807) is 6.07 Å². The summed E-state index contributed by atoms with van der Waals surface area (Å²) in [4.78, 5) is 12.3. The van der Waals surface area contributed by atoms with Gasteiger partial charge >= 0.3 is 0 Å². The van der Waals surface area contributed by atoms with Crippen molar-refractivity contribution in [3.63, 3.8) is 0 Å². The van der Waals surface area contributed by atoms with Crippen molar-refractivity contribution < 1.29 is 9.18 Å². The van der Waals surface area contributed by atoms with Gasteiger partial charge in [0.25, 0.3) is 5.91 Å². The number of fused-ring (bicyclic) bond motifs is 1. The van der Waals surface area contributed by atoms with Crippen molar-refractivity contribution in [2.24, 2.45) is 0 Å². The highest BCUT2D eigenvalue weighted by atomic mass is 19.1. The van der Waals surface area contributed by atoms with Crippen molar-refractivity contribution in [1.29, 1.82) is 0 Å². The number of hydrogen-bond donors (Lipinski definition) is 2. The van der Waals surface area contributed by atoms with Gasteiger partial charge in [-0.25, -0.2) is 9.82 Å². The van der Waals surface area contributed by atoms with Crippen LogP contribution in [0.2, 0.25) is 0 Å². The average molecular weight is 298 g/mol. The van der Waals surface area contributed by atoms with Gasteiger partial charge in [-0.15, -0.1) is 0 Å². The molecule has 0 bridgehead atoms. The summed E-state index contributed by atoms with van der Waals surface area (Å²) < 4.78 is 13.8. The van der Waals surface area contributed by atoms with Crippen LogP contribution in [0.3, 0.4) is 0 Å². The summed E-state index contributed by atoms with van der Waals surface area (Å²) in [5.74, 6) is -0.391. The van der Waals surface area contributed by atoms with E-state index >= 15 is 0 Å². The molecule has 22 heavy (non-hydrogen) atoms. The molecule has 1 aliphatic rings. The van der Waals surface area contributed by atoms with Crippen molar-refractivity contribution in [2.45, 2.75) is 32.2 Å². The molecule has 0 spiro atoms. The maximum Gasteiger partial charge on any atom is 0.265 e. The summed E-state index contributed by atoms with van der Waals surface area (Å²) >= 11 is 0. The number of amides is 1. The van der Waals surface area contributed by atoms with Gasteiger partial charge in [0.15, 0.2) is 0 Å². The van der Waals surface area contributed by atoms with Gasteiger partial charge in [0.1, 0.15) is 5.82 Å². The molecule has 0 heterocycles. The second-order valence-corrected chi connectivity index (χ2v) is 5.55. The maximum absolute atomic E-state index is 13.8. The molecule has 0 unspecified atom stereocenters. The number of benzene rings is 2. The van der Waals surface area contributed by atoms with Crippen LogP contribution in [0.25, 0.3) is 0 Å². The number of hydrogen-bond acceptors (Lipinski definition) is 2. The van der Waals surface area contributed by atoms with Crippen LogP contribution in [-0.2, 0) is 19.4 Å². The molecule has 0 aliphatic heterocycles. The Bertz CT molecular complexity index is 670. The van der Waals surface area contributed by atoms with E-state index in [1.807, 2.05) is 30.3 Å². The van der Waals surface area contributed by atoms with E-state index in [0.29, 0.717) is 17.7 Å². The Labute approximate surface area is 129 Å². The molecule has 0 radical (unpaired) electrons. The predicted octanol–water partition coefficient (Wildman–Crippen LogP) is 3.14. The van der Waals surface area contributed by atoms with Crippen LogP contribution in [0.4, 0.5) is 4.39 Å². The Hall–Kier alpha value is -2.20. The Morgan fingerprint density at radius 3 is 2.50 bits per heavy atom. The Balaban J connectivity index is 1.68. The molecule has 0 saturated heterocycles. The first-order valence-corrected chi connectivity index (χ1v) is 7.63. The van der Waals surface area contributed by atoms with E-state index in [-0.39, 0.29) is 11.7 Å². The molecule has 2 aromatic carbocycles. The molecule has 2 aromatic rings. The lowest BCUT2D eigenvalue weighted by Crippen LogP contribution is -2.37. The lowest BCUT2D eigenvalue weighted by Gasteiger charge is -2.19. The first kappa shape index (κ1) is 14.7. The van der Waals surface area contributed by atoms with Gasteiger partial charge in [-0.05, 0) is 54.5 Å². The van der Waals surface area contributed by atoms with Crippen LogP contribution < -0.4 is 10.9 Å². The fourth-order valence-corrected chi connectivity index (χ4v) is 2.93. The first-order chi connectivity index (χ1) is 10.8. The van der Waals surface area contributed by atoms with Crippen molar-refractivity contribution in [2.75, 3.05) is 0 Å². The molecule has 0 aromatic heterocycles. The zero-order chi connectivity index (χ0) is 15.4. The summed E-state index contributed by atoms with van der Waals surface area (Å²) in [7, 11) is 0. The summed E-state index contributed by atoms with van der Waals surface area (Å²) in [6, 6.07) is 12.8. The second-order valence-electron chi connectivity index (χ2n) is 5.55. The second kappa shape index (κ2) is 6.71. The Morgan fingerprint density at radius 2 is 1.73 bits per heavy atom. The maximum atomic E-state index is 13.8. The monoisotopic (exact) mass is 298 g/mol. The van der Waals surface area contributed by atoms with Gasteiger partial charge < -0.3 is 0 Å². The highest BCUT2D eigenvalue weighted by Crippen LogP contribution is 2.26. The predicted molar refractivity (Wildman–Crippen MR) is 83.8 cm³/mol. The third-order valence-corrected chi connectivity index (χ3v) is 4.06. The van der Waals surface area contributed by atoms with E-state index in [1.165, 1.54) is 6.07 Å². The third-order valence-electron chi connectivity index (χ3n) is 4.06. The van der Waals surface area contributed by atoms with E-state index in [4.69, 9.17) is 0 Å². The third kappa shape index (κ3) is 3.17. The summed E-state index contributed by atoms with van der Waals surface area (Å²) in [5, 5.41) is 0. The number of carbonyl (C=O) groups is 1. The largest absolute Gasteiger partial charge is 0.287 e. The van der Waals surface area contributed by atoms with Crippen LogP contribution in [0.5, 0.6) is 0 Å². The minimum Gasteiger partial charge on any atom is -0.287 e. The van der Waals surface area contributed by atoms with Crippen LogP contribution >= 0.6 is 0 Å². The minimum absolute atomic E-state index is 0.191. The van der Waals surface area contributed by atoms with Gasteiger partial charge in [0.2, 0.25) is 0 Å². The zero-order valence-corrected chi connectivity index (χ0v) is 12.4. The smallest absolute Gasteiger partial charge is 0.265 e. The van der Waals surface area contributed by atoms with E-state index < -0.39 is 0 Å². The SMILES string of the molecule is O=C(NNCc1ccccc1)c1ccc(F)c2c1CCCC2. The van der Waals surface area contributed by atoms with Crippen molar-refractivity contribution in [3.8, 4) is 0 Å². The van der Waals surface area contributed by atoms with E-state index in [2.05, 4.69) is 10.9 Å². The number of carbonyl (C=O) groups excluding carboxylic acids is 1. The molecular weight excluding hydrogens is 279 g/mol. The van der Waals surface area contributed by atoms with Crippen LogP contribution in [-0.4, -0.2) is 5.91 Å². The Morgan fingerprint density at radius 1 is 1.00 bits per heavy atom. The standard InChI is InChI=1S/C18H19FN2O/c19-17-11-10-16(14-8-4-5-9-15(14)17)18(22)21-20-12-13-6-2-1-3-7-13/h1-3,6-7,10-11,20H,4-5,8-9,12H2,(H,21,22). The summed E-state index contributed by atoms with van der Waals surface area (Å²) in [6.45, 7) is 0.552. The summed E-state index contributed by atoms with van der Waals surface area (Å²) in [5.41, 5.74) is 8.88. The van der Waals surface area contributed by atoms with Gasteiger partial charge in [-0.2, -0.15) is 0 Å². The highest BCUT2D eigenvalue weighted by Gasteiger charge is 2.20. The van der Waals surface area contributed by atoms with Gasteiger partial charge in [0, 0.05) is 12.1 Å². The average Bonchev–Trinajstić information content (AvgIpc) is 2.56. The topological polar surface area (TPSA) is 41.1 Å². The van der Waals surface area contributed by atoms with Gasteiger partial charge in [-0.1, -0.05) is 30.3 Å². The molecule has 4 heteroatoms. The first-order valence-electron chi connectivity index (χ1n) is 7.63. The highest BCUT2D eigenvalue weighted by molar-refractivity contribution is 5.95. The van der Waals surface area contributed by atoms with E-state index in [0.717, 1.165) is 36.8 Å². The van der Waals surface area contributed by atoms with Crippen molar-refractivity contribution in [1.82, 2.24) is 10.9 Å². The fraction of sp³-hybridized carbons (Fsp3) is 0.278. The molecule has 3 nitrogen and oxygen atoms in total. The lowest BCUT2D eigenvalue weighted by atomic mass is 9.87. The number of nitrogens with one attached hydrogen (secondary N) is 2. The molecule has 0 fully saturated rings. The zero-order valence-electron chi connectivity index (χ0n) is 12.4. The Kier molecular flexibility index (Phi) is 4.49. The normalized spacial score (nSPS) is 13.5. The van der Waals surface area contributed by atoms with Crippen LogP contribution in [0.1, 0.15) is 39.9 Å². The molecule has 1 aliphatic carbocycles. The lowest BCUT2D eigenvalue weighted by molar-refractivity contribution is 0.0931. The van der Waals surface area contributed by atoms with Crippen molar-refractivity contribution >= 4 is 5.91 Å². The minimum atomic E-state index is -0.200. The van der Waals surface area contributed by atoms with Crippen molar-refractivity contribution in [3.05, 3.63) is 70.5 Å². The summed E-state index contributed by atoms with van der Waals surface area (Å²) in [6.07, 6.45) is 3.49. The molecule has 0 saturated carbocycles. The van der Waals surface area contributed by atoms with E-state index in [9.17, 15) is 9.18 Å². The molecule has 1 amide bonds. The number of hydrazine groups is 1. The molecule has 2 N–H and O–H groups in total. The molecule has 0 atom stereocenters. The van der Waals surface area contributed by atoms with Crippen LogP contribution in [0.15, 0.2) is 42.5 Å². The quantitative estimate of drug-likeness (QED) is 0.851. The number of rotatable bonds is 4. The van der Waals surface area contributed by atoms with Gasteiger partial charge in [0.05, 0.1) is 0 Å². The fourth-order valence-electron chi connectivity index (χ4n) is 2.93.